The van der Waals surface area contributed by atoms with E-state index in [9.17, 15) is 0 Å². The summed E-state index contributed by atoms with van der Waals surface area (Å²) >= 11 is 2.02. The van der Waals surface area contributed by atoms with Crippen molar-refractivity contribution in [3.8, 4) is 44.5 Å². The molecule has 416 valence electrons. The molecule has 5 heteroatoms. The van der Waals surface area contributed by atoms with E-state index < -0.39 is 0 Å². The average molecular weight is 1110 g/mol. The molecule has 2 aliphatic heterocycles. The van der Waals surface area contributed by atoms with Gasteiger partial charge in [-0.2, -0.15) is 0 Å². The second-order valence-electron chi connectivity index (χ2n) is 29.8. The minimum absolute atomic E-state index is 0.00964. The van der Waals surface area contributed by atoms with Crippen molar-refractivity contribution in [2.24, 2.45) is 0 Å². The molecule has 0 unspecified atom stereocenters. The third-order valence-corrected chi connectivity index (χ3v) is 22.5. The van der Waals surface area contributed by atoms with Gasteiger partial charge in [-0.15, -0.1) is 11.3 Å². The normalized spacial score (nSPS) is 18.0. The summed E-state index contributed by atoms with van der Waals surface area (Å²) in [6.07, 6.45) is 4.66. The fourth-order valence-electron chi connectivity index (χ4n) is 16.1. The lowest BCUT2D eigenvalue weighted by atomic mass is 9.46. The average Bonchev–Trinajstić information content (AvgIpc) is 2.23. The molecule has 5 aliphatic rings. The first-order valence-corrected chi connectivity index (χ1v) is 31.8. The standard InChI is InChI=1S/C79H75BN2OS/c1-74(2,3)49-30-33-64(52(38-49)48-24-18-15-19-25-48)81-66-42-55-51-26-20-21-27-67(51)83-72(55)69-56-39-53-54-40-60-62(77(8,9)36-34-75(60,4)5)43-58(54)79(12,13)59(53)44-65(56)82(50-31-28-47(29-32-50)46-22-16-14-17-23-46)80(70(66)69)73-71(81)57-41-61-63(45-68(57)84-73)78(10,11)37-35-76(61,6)7/h14-33,38-45H,34-37H2,1-13H3. The first kappa shape index (κ1) is 52.0. The highest BCUT2D eigenvalue weighted by Gasteiger charge is 2.51. The molecule has 11 aromatic rings. The zero-order valence-corrected chi connectivity index (χ0v) is 52.1. The van der Waals surface area contributed by atoms with Crippen LogP contribution in [0.25, 0.3) is 76.5 Å². The van der Waals surface area contributed by atoms with Crippen LogP contribution in [0.5, 0.6) is 0 Å². The molecular formula is C79H75BN2OS. The van der Waals surface area contributed by atoms with Crippen LogP contribution >= 0.6 is 11.3 Å². The Morgan fingerprint density at radius 3 is 1.69 bits per heavy atom. The molecule has 0 N–H and O–H groups in total. The van der Waals surface area contributed by atoms with Crippen LogP contribution in [-0.4, -0.2) is 6.85 Å². The van der Waals surface area contributed by atoms with Gasteiger partial charge in [0.15, 0.2) is 0 Å². The summed E-state index contributed by atoms with van der Waals surface area (Å²) in [6, 6.07) is 66.0. The van der Waals surface area contributed by atoms with Gasteiger partial charge in [0.05, 0.1) is 11.4 Å². The maximum Gasteiger partial charge on any atom is 0.343 e. The number of thiophene rings is 1. The van der Waals surface area contributed by atoms with E-state index in [2.05, 4.69) is 270 Å². The zero-order chi connectivity index (χ0) is 57.9. The van der Waals surface area contributed by atoms with Gasteiger partial charge in [0, 0.05) is 64.8 Å². The van der Waals surface area contributed by atoms with Crippen LogP contribution in [0.4, 0.5) is 28.4 Å². The lowest BCUT2D eigenvalue weighted by Gasteiger charge is -2.45. The van der Waals surface area contributed by atoms with Crippen LogP contribution in [0.2, 0.25) is 0 Å². The van der Waals surface area contributed by atoms with E-state index in [1.807, 2.05) is 11.3 Å². The van der Waals surface area contributed by atoms with Crippen molar-refractivity contribution in [3.63, 3.8) is 0 Å². The summed E-state index contributed by atoms with van der Waals surface area (Å²) in [5.41, 5.74) is 29.2. The molecule has 4 heterocycles. The quantitative estimate of drug-likeness (QED) is 0.164. The number of hydrogen-bond donors (Lipinski definition) is 0. The summed E-state index contributed by atoms with van der Waals surface area (Å²) in [4.78, 5) is 5.50. The molecule has 0 bridgehead atoms. The van der Waals surface area contributed by atoms with Crippen LogP contribution in [0, 0.1) is 0 Å². The smallest absolute Gasteiger partial charge is 0.343 e. The number of rotatable bonds is 4. The molecule has 3 aliphatic carbocycles. The van der Waals surface area contributed by atoms with E-state index in [-0.39, 0.29) is 39.3 Å². The molecule has 0 spiro atoms. The molecule has 16 rings (SSSR count). The van der Waals surface area contributed by atoms with Gasteiger partial charge in [0.1, 0.15) is 11.2 Å². The van der Waals surface area contributed by atoms with Crippen molar-refractivity contribution in [1.82, 2.24) is 0 Å². The Morgan fingerprint density at radius 2 is 1.02 bits per heavy atom. The predicted octanol–water partition coefficient (Wildman–Crippen LogP) is 21.1. The van der Waals surface area contributed by atoms with Gasteiger partial charge in [0.2, 0.25) is 0 Å². The lowest BCUT2D eigenvalue weighted by molar-refractivity contribution is 0.331. The SMILES string of the molecule is CC(C)(C)c1ccc(N2c3cc4c(oc5ccccc54)c4c3B(c3sc5cc6c(cc5c32)C(C)(C)CCC6(C)C)N(c2ccc(-c3ccccc3)cc2)c2cc3c(cc2-4)-c2cc4c(cc2C3(C)C)C(C)(C)CCC4(C)C)c(-c2ccccc2)c1. The molecule has 2 aromatic heterocycles. The fraction of sp³-hybridized carbons (Fsp3) is 0.291. The topological polar surface area (TPSA) is 19.6 Å². The van der Waals surface area contributed by atoms with Crippen molar-refractivity contribution < 1.29 is 4.42 Å². The minimum Gasteiger partial charge on any atom is -0.455 e. The molecule has 0 radical (unpaired) electrons. The number of anilines is 5. The molecular weight excluding hydrogens is 1040 g/mol. The maximum absolute atomic E-state index is 7.45. The van der Waals surface area contributed by atoms with Crippen LogP contribution < -0.4 is 20.0 Å². The van der Waals surface area contributed by atoms with E-state index in [1.165, 1.54) is 145 Å². The number of hydrogen-bond acceptors (Lipinski definition) is 4. The Kier molecular flexibility index (Phi) is 10.7. The summed E-state index contributed by atoms with van der Waals surface area (Å²) in [6.45, 7) is 31.6. The van der Waals surface area contributed by atoms with Gasteiger partial charge in [-0.1, -0.05) is 193 Å². The Morgan fingerprint density at radius 1 is 0.452 bits per heavy atom. The lowest BCUT2D eigenvalue weighted by Crippen LogP contribution is -2.60. The second-order valence-corrected chi connectivity index (χ2v) is 30.8. The van der Waals surface area contributed by atoms with Crippen molar-refractivity contribution in [2.75, 3.05) is 9.71 Å². The van der Waals surface area contributed by atoms with Crippen LogP contribution in [-0.2, 0) is 32.5 Å². The van der Waals surface area contributed by atoms with Crippen molar-refractivity contribution in [2.45, 2.75) is 148 Å². The summed E-state index contributed by atoms with van der Waals surface area (Å²) in [5.74, 6) is 0. The highest BCUT2D eigenvalue weighted by molar-refractivity contribution is 7.32. The molecule has 3 nitrogen and oxygen atoms in total. The van der Waals surface area contributed by atoms with Crippen LogP contribution in [0.3, 0.4) is 0 Å². The fourth-order valence-corrected chi connectivity index (χ4v) is 17.4. The minimum atomic E-state index is -0.260. The molecule has 0 amide bonds. The summed E-state index contributed by atoms with van der Waals surface area (Å²) < 4.78 is 10.1. The highest BCUT2D eigenvalue weighted by atomic mass is 32.1. The van der Waals surface area contributed by atoms with Gasteiger partial charge in [-0.05, 0) is 192 Å². The predicted molar refractivity (Wildman–Crippen MR) is 361 cm³/mol. The Balaban J connectivity index is 1.08. The summed E-state index contributed by atoms with van der Waals surface area (Å²) in [5, 5.41) is 3.61. The molecule has 9 aromatic carbocycles. The number of furan rings is 1. The molecule has 0 fully saturated rings. The van der Waals surface area contributed by atoms with Crippen LogP contribution in [0.15, 0.2) is 174 Å². The van der Waals surface area contributed by atoms with E-state index in [1.54, 1.807) is 0 Å². The first-order chi connectivity index (χ1) is 40.0. The van der Waals surface area contributed by atoms with E-state index >= 15 is 0 Å². The number of nitrogens with zero attached hydrogens (tertiary/aromatic N) is 2. The third-order valence-electron chi connectivity index (χ3n) is 21.3. The largest absolute Gasteiger partial charge is 0.455 e. The maximum atomic E-state index is 7.45. The van der Waals surface area contributed by atoms with E-state index in [4.69, 9.17) is 4.42 Å². The van der Waals surface area contributed by atoms with Crippen LogP contribution in [0.1, 0.15) is 155 Å². The van der Waals surface area contributed by atoms with Crippen molar-refractivity contribution in [1.29, 1.82) is 0 Å². The molecule has 0 atom stereocenters. The number of para-hydroxylation sites is 1. The monoisotopic (exact) mass is 1110 g/mol. The third kappa shape index (κ3) is 7.30. The van der Waals surface area contributed by atoms with Gasteiger partial charge in [-0.25, -0.2) is 0 Å². The second kappa shape index (κ2) is 17.3. The Bertz CT molecular complexity index is 4620. The van der Waals surface area contributed by atoms with Gasteiger partial charge >= 0.3 is 6.85 Å². The molecule has 0 saturated carbocycles. The Hall–Kier alpha value is -7.60. The first-order valence-electron chi connectivity index (χ1n) is 30.9. The van der Waals surface area contributed by atoms with Gasteiger partial charge in [0.25, 0.3) is 0 Å². The highest BCUT2D eigenvalue weighted by Crippen LogP contribution is 2.61. The van der Waals surface area contributed by atoms with Gasteiger partial charge in [-0.3, -0.25) is 0 Å². The molecule has 84 heavy (non-hydrogen) atoms. The van der Waals surface area contributed by atoms with Gasteiger partial charge < -0.3 is 14.1 Å². The molecule has 0 saturated heterocycles. The van der Waals surface area contributed by atoms with Crippen molar-refractivity contribution >= 4 is 88.9 Å². The van der Waals surface area contributed by atoms with Crippen molar-refractivity contribution in [3.05, 3.63) is 209 Å². The Labute approximate surface area is 501 Å². The summed E-state index contributed by atoms with van der Waals surface area (Å²) in [7, 11) is 0. The number of benzene rings is 9. The van der Waals surface area contributed by atoms with E-state index in [0.29, 0.717) is 0 Å². The number of fused-ring (bicyclic) bond motifs is 15. The zero-order valence-electron chi connectivity index (χ0n) is 51.3. The van der Waals surface area contributed by atoms with E-state index in [0.717, 1.165) is 34.8 Å².